The molecule has 0 fully saturated rings. The van der Waals surface area contributed by atoms with E-state index in [4.69, 9.17) is 4.74 Å². The molecular formula is C15H21IO3. The summed E-state index contributed by atoms with van der Waals surface area (Å²) in [5.41, 5.74) is 0.827. The van der Waals surface area contributed by atoms with Crippen LogP contribution < -0.4 is 0 Å². The van der Waals surface area contributed by atoms with Crippen LogP contribution in [0.4, 0.5) is 0 Å². The van der Waals surface area contributed by atoms with Crippen molar-refractivity contribution >= 4 is 28.6 Å². The first kappa shape index (κ1) is 16.4. The predicted octanol–water partition coefficient (Wildman–Crippen LogP) is 3.84. The highest BCUT2D eigenvalue weighted by molar-refractivity contribution is 14.1. The predicted molar refractivity (Wildman–Crippen MR) is 83.8 cm³/mol. The first-order chi connectivity index (χ1) is 9.10. The number of hydrogen-bond donors (Lipinski definition) is 1. The van der Waals surface area contributed by atoms with Gasteiger partial charge in [-0.05, 0) is 47.1 Å². The van der Waals surface area contributed by atoms with Crippen molar-refractivity contribution in [2.75, 3.05) is 0 Å². The average molecular weight is 376 g/mol. The summed E-state index contributed by atoms with van der Waals surface area (Å²) in [6.07, 6.45) is 1.76. The zero-order valence-electron chi connectivity index (χ0n) is 11.4. The summed E-state index contributed by atoms with van der Waals surface area (Å²) in [5, 5.41) is 10.5. The third kappa shape index (κ3) is 5.10. The summed E-state index contributed by atoms with van der Waals surface area (Å²) in [6.45, 7) is 3.84. The van der Waals surface area contributed by atoms with Gasteiger partial charge in [0.2, 0.25) is 0 Å². The lowest BCUT2D eigenvalue weighted by atomic mass is 10.00. The van der Waals surface area contributed by atoms with Crippen molar-refractivity contribution in [3.8, 4) is 0 Å². The van der Waals surface area contributed by atoms with E-state index in [1.54, 1.807) is 6.92 Å². The van der Waals surface area contributed by atoms with Crippen LogP contribution in [0.25, 0.3) is 0 Å². The summed E-state index contributed by atoms with van der Waals surface area (Å²) in [4.78, 5) is 11.5. The Hall–Kier alpha value is -0.620. The third-order valence-electron chi connectivity index (χ3n) is 2.99. The molecule has 0 unspecified atom stereocenters. The van der Waals surface area contributed by atoms with Crippen LogP contribution in [0.5, 0.6) is 0 Å². The smallest absolute Gasteiger partial charge is 0.305 e. The number of hydrogen-bond acceptors (Lipinski definition) is 3. The molecule has 0 heterocycles. The highest BCUT2D eigenvalue weighted by Gasteiger charge is 2.25. The van der Waals surface area contributed by atoms with Crippen molar-refractivity contribution in [3.63, 3.8) is 0 Å². The molecule has 0 bridgehead atoms. The molecule has 1 N–H and O–H groups in total. The minimum absolute atomic E-state index is 0.258. The third-order valence-corrected chi connectivity index (χ3v) is 3.97. The number of aliphatic hydroxyl groups excluding tert-OH is 1. The van der Waals surface area contributed by atoms with Crippen molar-refractivity contribution in [1.82, 2.24) is 0 Å². The van der Waals surface area contributed by atoms with E-state index in [1.807, 2.05) is 24.3 Å². The minimum atomic E-state index is -0.754. The highest BCUT2D eigenvalue weighted by atomic mass is 127. The number of carbonyl (C=O) groups excluding carboxylic acids is 1. The standard InChI is InChI=1S/C15H21IO3/c1-3-5-10-13(19-14(17)4-2)15(18)11-8-6-7-9-12(11)16/h6-9,13,15,18H,3-5,10H2,1-2H3/t13-,15-/m0/s1. The van der Waals surface area contributed by atoms with Gasteiger partial charge >= 0.3 is 5.97 Å². The van der Waals surface area contributed by atoms with Crippen LogP contribution in [0.1, 0.15) is 51.2 Å². The number of carbonyl (C=O) groups is 1. The van der Waals surface area contributed by atoms with Gasteiger partial charge in [0.05, 0.1) is 0 Å². The van der Waals surface area contributed by atoms with Crippen LogP contribution in [-0.2, 0) is 9.53 Å². The molecule has 1 aromatic carbocycles. The maximum atomic E-state index is 11.5. The Bertz CT molecular complexity index is 406. The molecule has 0 saturated heterocycles. The molecule has 19 heavy (non-hydrogen) atoms. The monoisotopic (exact) mass is 376 g/mol. The molecule has 0 aliphatic rings. The molecule has 1 aromatic rings. The fourth-order valence-corrected chi connectivity index (χ4v) is 2.56. The molecule has 0 aliphatic carbocycles. The summed E-state index contributed by atoms with van der Waals surface area (Å²) in [5.74, 6) is -0.258. The van der Waals surface area contributed by atoms with Crippen LogP contribution in [0.15, 0.2) is 24.3 Å². The van der Waals surface area contributed by atoms with Crippen LogP contribution >= 0.6 is 22.6 Å². The van der Waals surface area contributed by atoms with Gasteiger partial charge in [-0.25, -0.2) is 0 Å². The number of aliphatic hydroxyl groups is 1. The quantitative estimate of drug-likeness (QED) is 0.581. The number of rotatable bonds is 7. The van der Waals surface area contributed by atoms with Gasteiger partial charge in [0.15, 0.2) is 0 Å². The van der Waals surface area contributed by atoms with Crippen LogP contribution in [0.2, 0.25) is 0 Å². The summed E-state index contributed by atoms with van der Waals surface area (Å²) in [6, 6.07) is 7.64. The molecule has 2 atom stereocenters. The summed E-state index contributed by atoms with van der Waals surface area (Å²) in [7, 11) is 0. The lowest BCUT2D eigenvalue weighted by molar-refractivity contribution is -0.155. The van der Waals surface area contributed by atoms with Gasteiger partial charge in [-0.1, -0.05) is 38.5 Å². The molecule has 4 heteroatoms. The number of unbranched alkanes of at least 4 members (excludes halogenated alkanes) is 1. The lowest BCUT2D eigenvalue weighted by Gasteiger charge is -2.24. The molecule has 106 valence electrons. The van der Waals surface area contributed by atoms with E-state index in [9.17, 15) is 9.90 Å². The van der Waals surface area contributed by atoms with E-state index in [0.29, 0.717) is 12.8 Å². The van der Waals surface area contributed by atoms with Gasteiger partial charge in [0.25, 0.3) is 0 Å². The van der Waals surface area contributed by atoms with Crippen LogP contribution in [0, 0.1) is 3.57 Å². The van der Waals surface area contributed by atoms with E-state index in [-0.39, 0.29) is 5.97 Å². The van der Waals surface area contributed by atoms with E-state index >= 15 is 0 Å². The zero-order valence-corrected chi connectivity index (χ0v) is 13.6. The normalized spacial score (nSPS) is 13.9. The Morgan fingerprint density at radius 1 is 1.37 bits per heavy atom. The van der Waals surface area contributed by atoms with Gasteiger partial charge in [0.1, 0.15) is 12.2 Å². The first-order valence-electron chi connectivity index (χ1n) is 6.72. The molecule has 0 aliphatic heterocycles. The Kier molecular flexibility index (Phi) is 7.38. The number of esters is 1. The van der Waals surface area contributed by atoms with E-state index in [0.717, 1.165) is 22.0 Å². The molecule has 0 aromatic heterocycles. The molecule has 3 nitrogen and oxygen atoms in total. The Balaban J connectivity index is 2.83. The second-order valence-electron chi connectivity index (χ2n) is 4.49. The Labute approximate surface area is 128 Å². The second-order valence-corrected chi connectivity index (χ2v) is 5.65. The van der Waals surface area contributed by atoms with Gasteiger partial charge in [-0.2, -0.15) is 0 Å². The van der Waals surface area contributed by atoms with E-state index in [1.165, 1.54) is 0 Å². The molecule has 1 rings (SSSR count). The molecule has 0 saturated carbocycles. The van der Waals surface area contributed by atoms with Gasteiger partial charge in [-0.3, -0.25) is 4.79 Å². The fraction of sp³-hybridized carbons (Fsp3) is 0.533. The van der Waals surface area contributed by atoms with Crippen LogP contribution in [-0.4, -0.2) is 17.2 Å². The topological polar surface area (TPSA) is 46.5 Å². The van der Waals surface area contributed by atoms with Gasteiger partial charge in [0, 0.05) is 9.99 Å². The summed E-state index contributed by atoms with van der Waals surface area (Å²) >= 11 is 2.19. The lowest BCUT2D eigenvalue weighted by Crippen LogP contribution is -2.26. The molecular weight excluding hydrogens is 355 g/mol. The maximum absolute atomic E-state index is 11.5. The van der Waals surface area contributed by atoms with Crippen molar-refractivity contribution in [2.45, 2.75) is 51.7 Å². The van der Waals surface area contributed by atoms with Gasteiger partial charge < -0.3 is 9.84 Å². The zero-order chi connectivity index (χ0) is 14.3. The first-order valence-corrected chi connectivity index (χ1v) is 7.80. The maximum Gasteiger partial charge on any atom is 0.305 e. The van der Waals surface area contributed by atoms with E-state index in [2.05, 4.69) is 29.5 Å². The van der Waals surface area contributed by atoms with Gasteiger partial charge in [-0.15, -0.1) is 0 Å². The van der Waals surface area contributed by atoms with E-state index < -0.39 is 12.2 Å². The number of ether oxygens (including phenoxy) is 1. The second kappa shape index (κ2) is 8.53. The molecule has 0 spiro atoms. The van der Waals surface area contributed by atoms with Crippen molar-refractivity contribution in [1.29, 1.82) is 0 Å². The highest BCUT2D eigenvalue weighted by Crippen LogP contribution is 2.27. The number of benzene rings is 1. The number of halogens is 1. The molecule has 0 radical (unpaired) electrons. The SMILES string of the molecule is CCCC[C@H](OC(=O)CC)[C@@H](O)c1ccccc1I. The average Bonchev–Trinajstić information content (AvgIpc) is 2.43. The summed E-state index contributed by atoms with van der Waals surface area (Å²) < 4.78 is 6.37. The minimum Gasteiger partial charge on any atom is -0.459 e. The van der Waals surface area contributed by atoms with Crippen molar-refractivity contribution in [2.24, 2.45) is 0 Å². The largest absolute Gasteiger partial charge is 0.459 e. The fourth-order valence-electron chi connectivity index (χ4n) is 1.85. The molecule has 0 amide bonds. The van der Waals surface area contributed by atoms with Crippen molar-refractivity contribution < 1.29 is 14.6 Å². The van der Waals surface area contributed by atoms with Crippen LogP contribution in [0.3, 0.4) is 0 Å². The van der Waals surface area contributed by atoms with Crippen molar-refractivity contribution in [3.05, 3.63) is 33.4 Å². The Morgan fingerprint density at radius 2 is 2.05 bits per heavy atom. The Morgan fingerprint density at radius 3 is 2.63 bits per heavy atom.